The SMILES string of the molecule is CC(C)C1CCC(SCCO)(C(=O)O)CC1. The van der Waals surface area contributed by atoms with Crippen LogP contribution < -0.4 is 0 Å². The van der Waals surface area contributed by atoms with Crippen molar-refractivity contribution < 1.29 is 15.0 Å². The molecule has 1 saturated carbocycles. The Hall–Kier alpha value is -0.220. The first-order valence-corrected chi connectivity index (χ1v) is 6.98. The molecule has 1 fully saturated rings. The fourth-order valence-electron chi connectivity index (χ4n) is 2.43. The van der Waals surface area contributed by atoms with Crippen molar-refractivity contribution in [2.75, 3.05) is 12.4 Å². The number of aliphatic carboxylic acids is 1. The van der Waals surface area contributed by atoms with Crippen LogP contribution in [-0.4, -0.2) is 33.3 Å². The maximum Gasteiger partial charge on any atom is 0.319 e. The van der Waals surface area contributed by atoms with E-state index in [1.807, 2.05) is 0 Å². The molecule has 0 spiro atoms. The summed E-state index contributed by atoms with van der Waals surface area (Å²) in [6, 6.07) is 0. The van der Waals surface area contributed by atoms with Crippen molar-refractivity contribution in [3.05, 3.63) is 0 Å². The predicted octanol–water partition coefficient (Wildman–Crippen LogP) is 2.38. The summed E-state index contributed by atoms with van der Waals surface area (Å²) in [5.41, 5.74) is 0. The van der Waals surface area contributed by atoms with Crippen LogP contribution in [0.5, 0.6) is 0 Å². The van der Waals surface area contributed by atoms with Gasteiger partial charge in [-0.1, -0.05) is 13.8 Å². The van der Waals surface area contributed by atoms with E-state index in [0.717, 1.165) is 25.7 Å². The van der Waals surface area contributed by atoms with Gasteiger partial charge in [0.05, 0.1) is 6.61 Å². The average molecular weight is 246 g/mol. The predicted molar refractivity (Wildman–Crippen MR) is 66.7 cm³/mol. The summed E-state index contributed by atoms with van der Waals surface area (Å²) in [6.07, 6.45) is 3.50. The molecule has 0 aromatic carbocycles. The van der Waals surface area contributed by atoms with Gasteiger partial charge in [0.1, 0.15) is 4.75 Å². The normalized spacial score (nSPS) is 30.6. The van der Waals surface area contributed by atoms with Gasteiger partial charge in [-0.2, -0.15) is 0 Å². The first kappa shape index (κ1) is 13.8. The summed E-state index contributed by atoms with van der Waals surface area (Å²) < 4.78 is -0.631. The van der Waals surface area contributed by atoms with Crippen LogP contribution in [0.2, 0.25) is 0 Å². The third-order valence-corrected chi connectivity index (χ3v) is 5.16. The molecular weight excluding hydrogens is 224 g/mol. The minimum Gasteiger partial charge on any atom is -0.480 e. The Morgan fingerprint density at radius 2 is 2.00 bits per heavy atom. The number of aliphatic hydroxyl groups is 1. The fraction of sp³-hybridized carbons (Fsp3) is 0.917. The molecule has 0 amide bonds. The molecule has 0 aromatic rings. The summed E-state index contributed by atoms with van der Waals surface area (Å²) in [6.45, 7) is 4.48. The van der Waals surface area contributed by atoms with Crippen molar-refractivity contribution in [1.29, 1.82) is 0 Å². The summed E-state index contributed by atoms with van der Waals surface area (Å²) in [7, 11) is 0. The molecule has 0 unspecified atom stereocenters. The van der Waals surface area contributed by atoms with E-state index < -0.39 is 10.7 Å². The van der Waals surface area contributed by atoms with E-state index in [4.69, 9.17) is 5.11 Å². The van der Waals surface area contributed by atoms with Crippen molar-refractivity contribution in [2.45, 2.75) is 44.3 Å². The van der Waals surface area contributed by atoms with E-state index in [2.05, 4.69) is 13.8 Å². The molecule has 0 saturated heterocycles. The molecule has 0 bridgehead atoms. The van der Waals surface area contributed by atoms with Gasteiger partial charge in [0.2, 0.25) is 0 Å². The number of carbonyl (C=O) groups is 1. The Morgan fingerprint density at radius 3 is 2.38 bits per heavy atom. The van der Waals surface area contributed by atoms with Crippen molar-refractivity contribution in [1.82, 2.24) is 0 Å². The van der Waals surface area contributed by atoms with Crippen LogP contribution in [0, 0.1) is 11.8 Å². The second kappa shape index (κ2) is 5.92. The second-order valence-electron chi connectivity index (χ2n) is 4.95. The largest absolute Gasteiger partial charge is 0.480 e. The van der Waals surface area contributed by atoms with Gasteiger partial charge in [0, 0.05) is 5.75 Å². The highest BCUT2D eigenvalue weighted by molar-refractivity contribution is 8.01. The van der Waals surface area contributed by atoms with Crippen molar-refractivity contribution in [3.63, 3.8) is 0 Å². The number of carboxylic acids is 1. The summed E-state index contributed by atoms with van der Waals surface area (Å²) in [4.78, 5) is 11.4. The third kappa shape index (κ3) is 3.14. The van der Waals surface area contributed by atoms with E-state index >= 15 is 0 Å². The zero-order valence-corrected chi connectivity index (χ0v) is 10.9. The van der Waals surface area contributed by atoms with Crippen LogP contribution >= 0.6 is 11.8 Å². The molecule has 1 aliphatic rings. The summed E-state index contributed by atoms with van der Waals surface area (Å²) in [5.74, 6) is 1.14. The summed E-state index contributed by atoms with van der Waals surface area (Å²) >= 11 is 1.42. The lowest BCUT2D eigenvalue weighted by Gasteiger charge is -2.37. The van der Waals surface area contributed by atoms with Crippen LogP contribution in [0.1, 0.15) is 39.5 Å². The Labute approximate surface area is 102 Å². The molecule has 0 atom stereocenters. The van der Waals surface area contributed by atoms with Crippen LogP contribution in [0.4, 0.5) is 0 Å². The van der Waals surface area contributed by atoms with E-state index in [9.17, 15) is 9.90 Å². The molecule has 94 valence electrons. The lowest BCUT2D eigenvalue weighted by Crippen LogP contribution is -2.40. The van der Waals surface area contributed by atoms with Crippen LogP contribution in [-0.2, 0) is 4.79 Å². The highest BCUT2D eigenvalue weighted by atomic mass is 32.2. The quantitative estimate of drug-likeness (QED) is 0.782. The first-order chi connectivity index (χ1) is 7.52. The number of rotatable bonds is 5. The lowest BCUT2D eigenvalue weighted by atomic mass is 9.76. The molecule has 1 aliphatic carbocycles. The Bertz CT molecular complexity index is 232. The van der Waals surface area contributed by atoms with E-state index in [0.29, 0.717) is 17.6 Å². The Balaban J connectivity index is 2.59. The van der Waals surface area contributed by atoms with Gasteiger partial charge >= 0.3 is 5.97 Å². The molecule has 16 heavy (non-hydrogen) atoms. The van der Waals surface area contributed by atoms with Crippen molar-refractivity contribution >= 4 is 17.7 Å². The minimum atomic E-state index is -0.701. The molecule has 0 heterocycles. The van der Waals surface area contributed by atoms with Gasteiger partial charge < -0.3 is 10.2 Å². The van der Waals surface area contributed by atoms with E-state index in [1.165, 1.54) is 11.8 Å². The molecule has 0 aliphatic heterocycles. The van der Waals surface area contributed by atoms with Crippen LogP contribution in [0.25, 0.3) is 0 Å². The number of aliphatic hydroxyl groups excluding tert-OH is 1. The molecule has 0 radical (unpaired) electrons. The average Bonchev–Trinajstić information content (AvgIpc) is 2.26. The topological polar surface area (TPSA) is 57.5 Å². The van der Waals surface area contributed by atoms with E-state index in [1.54, 1.807) is 0 Å². The standard InChI is InChI=1S/C12H22O3S/c1-9(2)10-3-5-12(6-4-10,11(14)15)16-8-7-13/h9-10,13H,3-8H2,1-2H3,(H,14,15). The molecule has 3 nitrogen and oxygen atoms in total. The number of thioether (sulfide) groups is 1. The Morgan fingerprint density at radius 1 is 1.44 bits per heavy atom. The van der Waals surface area contributed by atoms with Gasteiger partial charge in [-0.25, -0.2) is 0 Å². The van der Waals surface area contributed by atoms with Gasteiger partial charge in [0.15, 0.2) is 0 Å². The lowest BCUT2D eigenvalue weighted by molar-refractivity contribution is -0.141. The zero-order chi connectivity index (χ0) is 12.2. The second-order valence-corrected chi connectivity index (χ2v) is 6.43. The molecule has 2 N–H and O–H groups in total. The Kier molecular flexibility index (Phi) is 5.12. The fourth-order valence-corrected chi connectivity index (χ4v) is 3.56. The monoisotopic (exact) mass is 246 g/mol. The molecule has 1 rings (SSSR count). The maximum atomic E-state index is 11.4. The number of hydrogen-bond acceptors (Lipinski definition) is 3. The number of carboxylic acid groups (broad SMARTS) is 1. The minimum absolute atomic E-state index is 0.0628. The van der Waals surface area contributed by atoms with Crippen molar-refractivity contribution in [3.8, 4) is 0 Å². The molecule has 4 heteroatoms. The molecule has 0 aromatic heterocycles. The first-order valence-electron chi connectivity index (χ1n) is 6.00. The van der Waals surface area contributed by atoms with Gasteiger partial charge in [0.25, 0.3) is 0 Å². The smallest absolute Gasteiger partial charge is 0.319 e. The molecular formula is C12H22O3S. The highest BCUT2D eigenvalue weighted by Crippen LogP contribution is 2.43. The third-order valence-electron chi connectivity index (χ3n) is 3.64. The van der Waals surface area contributed by atoms with Gasteiger partial charge in [-0.3, -0.25) is 4.79 Å². The van der Waals surface area contributed by atoms with Gasteiger partial charge in [-0.15, -0.1) is 11.8 Å². The van der Waals surface area contributed by atoms with Crippen molar-refractivity contribution in [2.24, 2.45) is 11.8 Å². The zero-order valence-electron chi connectivity index (χ0n) is 10.1. The highest BCUT2D eigenvalue weighted by Gasteiger charge is 2.42. The number of hydrogen-bond donors (Lipinski definition) is 2. The maximum absolute atomic E-state index is 11.4. The van der Waals surface area contributed by atoms with E-state index in [-0.39, 0.29) is 6.61 Å². The van der Waals surface area contributed by atoms with Crippen LogP contribution in [0.15, 0.2) is 0 Å². The summed E-state index contributed by atoms with van der Waals surface area (Å²) in [5, 5.41) is 18.2. The van der Waals surface area contributed by atoms with Crippen LogP contribution in [0.3, 0.4) is 0 Å². The van der Waals surface area contributed by atoms with Gasteiger partial charge in [-0.05, 0) is 37.5 Å².